The second-order valence-corrected chi connectivity index (χ2v) is 4.75. The Morgan fingerprint density at radius 2 is 2.11 bits per heavy atom. The maximum atomic E-state index is 12.0. The average molecular weight is 251 g/mol. The summed E-state index contributed by atoms with van der Waals surface area (Å²) < 4.78 is 0. The quantitative estimate of drug-likeness (QED) is 0.747. The third-order valence-corrected chi connectivity index (χ3v) is 3.42. The van der Waals surface area contributed by atoms with Crippen molar-refractivity contribution in [2.45, 2.75) is 27.2 Å². The molecule has 1 unspecified atom stereocenters. The molecule has 0 fully saturated rings. The molecule has 0 bridgehead atoms. The summed E-state index contributed by atoms with van der Waals surface area (Å²) in [4.78, 5) is 14.3. The smallest absolute Gasteiger partial charge is 0.247 e. The zero-order chi connectivity index (χ0) is 13.5. The Hall–Kier alpha value is -1.29. The first kappa shape index (κ1) is 14.8. The molecular formula is C14H25N3O. The fraction of sp³-hybridized carbons (Fsp3) is 0.643. The zero-order valence-electron chi connectivity index (χ0n) is 11.7. The van der Waals surface area contributed by atoms with E-state index in [2.05, 4.69) is 24.1 Å². The van der Waals surface area contributed by atoms with Crippen molar-refractivity contribution in [2.75, 3.05) is 26.2 Å². The van der Waals surface area contributed by atoms with E-state index in [1.165, 1.54) is 0 Å². The normalized spacial score (nSPS) is 19.4. The van der Waals surface area contributed by atoms with E-state index >= 15 is 0 Å². The molecule has 0 aromatic rings. The fourth-order valence-corrected chi connectivity index (χ4v) is 2.16. The Kier molecular flexibility index (Phi) is 5.92. The van der Waals surface area contributed by atoms with Crippen LogP contribution in [0.1, 0.15) is 27.2 Å². The van der Waals surface area contributed by atoms with Gasteiger partial charge in [-0.1, -0.05) is 26.8 Å². The second kappa shape index (κ2) is 7.21. The molecule has 0 aromatic heterocycles. The number of allylic oxidation sites excluding steroid dienone is 3. The van der Waals surface area contributed by atoms with E-state index in [9.17, 15) is 4.79 Å². The van der Waals surface area contributed by atoms with Crippen molar-refractivity contribution in [3.63, 3.8) is 0 Å². The number of nitrogens with one attached hydrogen (secondary N) is 1. The summed E-state index contributed by atoms with van der Waals surface area (Å²) in [5.41, 5.74) is 7.43. The average Bonchev–Trinajstić information content (AvgIpc) is 2.34. The fourth-order valence-electron chi connectivity index (χ4n) is 2.16. The largest absolute Gasteiger partial charge is 0.402 e. The van der Waals surface area contributed by atoms with Gasteiger partial charge in [-0.15, -0.1) is 0 Å². The molecule has 0 aliphatic heterocycles. The van der Waals surface area contributed by atoms with Gasteiger partial charge in [-0.2, -0.15) is 0 Å². The van der Waals surface area contributed by atoms with Gasteiger partial charge < -0.3 is 16.0 Å². The minimum absolute atomic E-state index is 0.0402. The lowest BCUT2D eigenvalue weighted by atomic mass is 9.91. The van der Waals surface area contributed by atoms with Gasteiger partial charge in [0, 0.05) is 24.4 Å². The molecule has 1 rings (SSSR count). The predicted molar refractivity (Wildman–Crippen MR) is 74.9 cm³/mol. The van der Waals surface area contributed by atoms with Gasteiger partial charge in [0.2, 0.25) is 5.91 Å². The van der Waals surface area contributed by atoms with Crippen LogP contribution in [0.5, 0.6) is 0 Å². The molecule has 0 heterocycles. The van der Waals surface area contributed by atoms with Crippen molar-refractivity contribution in [1.29, 1.82) is 0 Å². The Balaban J connectivity index is 2.42. The van der Waals surface area contributed by atoms with E-state index in [-0.39, 0.29) is 11.8 Å². The van der Waals surface area contributed by atoms with Crippen LogP contribution in [0, 0.1) is 5.92 Å². The van der Waals surface area contributed by atoms with Gasteiger partial charge in [-0.3, -0.25) is 4.79 Å². The topological polar surface area (TPSA) is 58.4 Å². The van der Waals surface area contributed by atoms with Crippen LogP contribution in [-0.2, 0) is 4.79 Å². The summed E-state index contributed by atoms with van der Waals surface area (Å²) in [5.74, 6) is 0.252. The number of likely N-dealkylation sites (N-methyl/N-ethyl adjacent to an activating group) is 1. The molecule has 0 aromatic carbocycles. The molecule has 1 atom stereocenters. The second-order valence-electron chi connectivity index (χ2n) is 4.75. The van der Waals surface area contributed by atoms with Crippen molar-refractivity contribution in [2.24, 2.45) is 11.7 Å². The predicted octanol–water partition coefficient (Wildman–Crippen LogP) is 1.25. The minimum Gasteiger partial charge on any atom is -0.402 e. The Labute approximate surface area is 110 Å². The van der Waals surface area contributed by atoms with Crippen LogP contribution in [0.4, 0.5) is 0 Å². The van der Waals surface area contributed by atoms with E-state index in [1.807, 2.05) is 19.1 Å². The molecule has 0 saturated carbocycles. The van der Waals surface area contributed by atoms with Gasteiger partial charge in [-0.25, -0.2) is 0 Å². The SMILES string of the molecule is CCN(CC)CCNC(=O)C1=CC=C(N)CC1C. The number of amides is 1. The molecule has 4 nitrogen and oxygen atoms in total. The monoisotopic (exact) mass is 251 g/mol. The van der Waals surface area contributed by atoms with E-state index in [4.69, 9.17) is 5.73 Å². The van der Waals surface area contributed by atoms with Crippen LogP contribution < -0.4 is 11.1 Å². The molecule has 1 aliphatic carbocycles. The van der Waals surface area contributed by atoms with Crippen LogP contribution in [0.25, 0.3) is 0 Å². The lowest BCUT2D eigenvalue weighted by Crippen LogP contribution is -2.36. The van der Waals surface area contributed by atoms with E-state index < -0.39 is 0 Å². The highest BCUT2D eigenvalue weighted by Gasteiger charge is 2.19. The van der Waals surface area contributed by atoms with Crippen molar-refractivity contribution in [3.05, 3.63) is 23.4 Å². The Morgan fingerprint density at radius 3 is 2.67 bits per heavy atom. The molecule has 102 valence electrons. The van der Waals surface area contributed by atoms with Crippen molar-refractivity contribution >= 4 is 5.91 Å². The number of carbonyl (C=O) groups is 1. The van der Waals surface area contributed by atoms with Gasteiger partial charge in [-0.05, 0) is 31.5 Å². The molecule has 4 heteroatoms. The van der Waals surface area contributed by atoms with Crippen molar-refractivity contribution in [3.8, 4) is 0 Å². The molecule has 1 aliphatic rings. The van der Waals surface area contributed by atoms with Crippen LogP contribution in [0.3, 0.4) is 0 Å². The number of rotatable bonds is 6. The molecule has 1 amide bonds. The van der Waals surface area contributed by atoms with Gasteiger partial charge in [0.25, 0.3) is 0 Å². The summed E-state index contributed by atoms with van der Waals surface area (Å²) in [6.45, 7) is 9.93. The highest BCUT2D eigenvalue weighted by molar-refractivity contribution is 5.94. The number of nitrogens with two attached hydrogens (primary N) is 1. The zero-order valence-corrected chi connectivity index (χ0v) is 11.7. The number of hydrogen-bond donors (Lipinski definition) is 2. The summed E-state index contributed by atoms with van der Waals surface area (Å²) in [6, 6.07) is 0. The van der Waals surface area contributed by atoms with E-state index in [1.54, 1.807) is 0 Å². The van der Waals surface area contributed by atoms with Crippen LogP contribution in [0.2, 0.25) is 0 Å². The maximum absolute atomic E-state index is 12.0. The molecule has 3 N–H and O–H groups in total. The summed E-state index contributed by atoms with van der Waals surface area (Å²) in [7, 11) is 0. The first-order valence-corrected chi connectivity index (χ1v) is 6.75. The summed E-state index contributed by atoms with van der Waals surface area (Å²) in [6.07, 6.45) is 4.45. The summed E-state index contributed by atoms with van der Waals surface area (Å²) in [5, 5.41) is 2.98. The van der Waals surface area contributed by atoms with Gasteiger partial charge in [0.15, 0.2) is 0 Å². The first-order chi connectivity index (χ1) is 8.58. The molecule has 0 spiro atoms. The Bertz CT molecular complexity index is 343. The highest BCUT2D eigenvalue weighted by Crippen LogP contribution is 2.22. The third kappa shape index (κ3) is 4.18. The van der Waals surface area contributed by atoms with Crippen LogP contribution in [0.15, 0.2) is 23.4 Å². The van der Waals surface area contributed by atoms with Crippen LogP contribution >= 0.6 is 0 Å². The van der Waals surface area contributed by atoms with Crippen molar-refractivity contribution in [1.82, 2.24) is 10.2 Å². The van der Waals surface area contributed by atoms with E-state index in [0.29, 0.717) is 6.54 Å². The summed E-state index contributed by atoms with van der Waals surface area (Å²) >= 11 is 0. The molecule has 0 radical (unpaired) electrons. The van der Waals surface area contributed by atoms with E-state index in [0.717, 1.165) is 37.3 Å². The Morgan fingerprint density at radius 1 is 1.44 bits per heavy atom. The van der Waals surface area contributed by atoms with Crippen LogP contribution in [-0.4, -0.2) is 37.0 Å². The molecule has 18 heavy (non-hydrogen) atoms. The maximum Gasteiger partial charge on any atom is 0.247 e. The standard InChI is InChI=1S/C14H25N3O/c1-4-17(5-2)9-8-16-14(18)13-7-6-12(15)10-11(13)3/h6-7,11H,4-5,8-10,15H2,1-3H3,(H,16,18). The lowest BCUT2D eigenvalue weighted by Gasteiger charge is -2.21. The van der Waals surface area contributed by atoms with Gasteiger partial charge >= 0.3 is 0 Å². The third-order valence-electron chi connectivity index (χ3n) is 3.42. The lowest BCUT2D eigenvalue weighted by molar-refractivity contribution is -0.118. The van der Waals surface area contributed by atoms with Crippen molar-refractivity contribution < 1.29 is 4.79 Å². The minimum atomic E-state index is 0.0402. The van der Waals surface area contributed by atoms with Gasteiger partial charge in [0.1, 0.15) is 0 Å². The number of hydrogen-bond acceptors (Lipinski definition) is 3. The molecule has 0 saturated heterocycles. The number of nitrogens with zero attached hydrogens (tertiary/aromatic N) is 1. The number of carbonyl (C=O) groups excluding carboxylic acids is 1. The van der Waals surface area contributed by atoms with Gasteiger partial charge in [0.05, 0.1) is 0 Å². The highest BCUT2D eigenvalue weighted by atomic mass is 16.1. The molecular weight excluding hydrogens is 226 g/mol. The first-order valence-electron chi connectivity index (χ1n) is 6.75.